The number of carbonyl (C=O) groups excluding carboxylic acids is 1. The molecule has 11 heteroatoms. The molecule has 3 rings (SSSR count). The Kier molecular flexibility index (Phi) is 7.20. The minimum atomic E-state index is -1.05. The van der Waals surface area contributed by atoms with Crippen LogP contribution in [-0.4, -0.2) is 38.0 Å². The van der Waals surface area contributed by atoms with Crippen LogP contribution in [0, 0.1) is 0 Å². The molecule has 2 aromatic heterocycles. The lowest BCUT2D eigenvalue weighted by atomic mass is 10.0. The number of carboxylic acids is 1. The molecular formula is C19H14BrCl2N5O3. The van der Waals surface area contributed by atoms with Gasteiger partial charge in [0.05, 0.1) is 20.2 Å². The van der Waals surface area contributed by atoms with Crippen LogP contribution < -0.4 is 10.6 Å². The van der Waals surface area contributed by atoms with Crippen molar-refractivity contribution in [3.8, 4) is 0 Å². The van der Waals surface area contributed by atoms with E-state index < -0.39 is 17.9 Å². The largest absolute Gasteiger partial charge is 0.480 e. The van der Waals surface area contributed by atoms with Crippen LogP contribution in [0.3, 0.4) is 0 Å². The topological polar surface area (TPSA) is 117 Å². The summed E-state index contributed by atoms with van der Waals surface area (Å²) in [5.74, 6) is -1.26. The molecule has 1 aromatic carbocycles. The van der Waals surface area contributed by atoms with Crippen LogP contribution in [0.25, 0.3) is 0 Å². The van der Waals surface area contributed by atoms with E-state index in [1.54, 1.807) is 24.3 Å². The molecule has 0 radical (unpaired) electrons. The predicted molar refractivity (Wildman–Crippen MR) is 117 cm³/mol. The highest BCUT2D eigenvalue weighted by molar-refractivity contribution is 9.10. The van der Waals surface area contributed by atoms with E-state index in [1.165, 1.54) is 24.8 Å². The van der Waals surface area contributed by atoms with Gasteiger partial charge in [-0.25, -0.2) is 14.8 Å². The van der Waals surface area contributed by atoms with Crippen LogP contribution in [-0.2, 0) is 11.2 Å². The first-order chi connectivity index (χ1) is 14.3. The molecular weight excluding hydrogens is 497 g/mol. The van der Waals surface area contributed by atoms with Gasteiger partial charge in [-0.15, -0.1) is 0 Å². The maximum absolute atomic E-state index is 12.5. The van der Waals surface area contributed by atoms with E-state index in [9.17, 15) is 14.7 Å². The summed E-state index contributed by atoms with van der Waals surface area (Å²) in [7, 11) is 0. The van der Waals surface area contributed by atoms with Crippen molar-refractivity contribution in [3.63, 3.8) is 0 Å². The zero-order valence-electron chi connectivity index (χ0n) is 15.1. The number of nitrogens with one attached hydrogen (secondary N) is 2. The van der Waals surface area contributed by atoms with Gasteiger partial charge in [0.25, 0.3) is 5.91 Å². The summed E-state index contributed by atoms with van der Waals surface area (Å²) in [6, 6.07) is 5.57. The van der Waals surface area contributed by atoms with Crippen molar-refractivity contribution in [2.24, 2.45) is 0 Å². The van der Waals surface area contributed by atoms with E-state index in [1.807, 2.05) is 0 Å². The molecule has 0 aliphatic rings. The number of hydrogen-bond donors (Lipinski definition) is 3. The Morgan fingerprint density at radius 3 is 2.20 bits per heavy atom. The molecule has 0 spiro atoms. The summed E-state index contributed by atoms with van der Waals surface area (Å²) in [4.78, 5) is 35.9. The molecule has 154 valence electrons. The summed E-state index contributed by atoms with van der Waals surface area (Å²) in [5.41, 5.74) is 1.34. The molecule has 0 fully saturated rings. The Hall–Kier alpha value is -2.75. The van der Waals surface area contributed by atoms with Crippen molar-refractivity contribution in [1.29, 1.82) is 0 Å². The molecule has 1 atom stereocenters. The first kappa shape index (κ1) is 21.9. The standard InChI is InChI=1S/C19H14BrCl2N5O3/c20-12-6-24-19(25-7-12)26-15(18(29)30)5-10-1-3-11(4-2-10)17(28)27-16-13(21)8-23-9-14(16)22/h1-4,6-9,15H,5H2,(H,29,30)(H,23,27,28)(H,24,25,26). The number of hydrogen-bond acceptors (Lipinski definition) is 6. The van der Waals surface area contributed by atoms with Crippen LogP contribution in [0.2, 0.25) is 10.0 Å². The van der Waals surface area contributed by atoms with Gasteiger partial charge in [0, 0.05) is 36.8 Å². The number of carboxylic acid groups (broad SMARTS) is 1. The van der Waals surface area contributed by atoms with Crippen molar-refractivity contribution in [2.75, 3.05) is 10.6 Å². The van der Waals surface area contributed by atoms with E-state index in [0.717, 1.165) is 0 Å². The van der Waals surface area contributed by atoms with Crippen LogP contribution >= 0.6 is 39.1 Å². The number of amides is 1. The number of anilines is 2. The Bertz CT molecular complexity index is 1040. The van der Waals surface area contributed by atoms with Gasteiger partial charge in [0.2, 0.25) is 5.95 Å². The molecule has 0 aliphatic carbocycles. The Balaban J connectivity index is 1.68. The van der Waals surface area contributed by atoms with E-state index >= 15 is 0 Å². The highest BCUT2D eigenvalue weighted by atomic mass is 79.9. The molecule has 8 nitrogen and oxygen atoms in total. The van der Waals surface area contributed by atoms with E-state index in [0.29, 0.717) is 15.6 Å². The van der Waals surface area contributed by atoms with Gasteiger partial charge in [-0.2, -0.15) is 0 Å². The monoisotopic (exact) mass is 509 g/mol. The van der Waals surface area contributed by atoms with E-state index in [4.69, 9.17) is 23.2 Å². The van der Waals surface area contributed by atoms with Crippen molar-refractivity contribution in [3.05, 3.63) is 74.7 Å². The summed E-state index contributed by atoms with van der Waals surface area (Å²) in [5, 5.41) is 15.3. The second-order valence-corrected chi connectivity index (χ2v) is 7.82. The lowest BCUT2D eigenvalue weighted by molar-refractivity contribution is -0.137. The zero-order valence-corrected chi connectivity index (χ0v) is 18.2. The molecule has 0 saturated carbocycles. The summed E-state index contributed by atoms with van der Waals surface area (Å²) in [6.45, 7) is 0. The molecule has 1 unspecified atom stereocenters. The second kappa shape index (κ2) is 9.84. The normalized spacial score (nSPS) is 11.6. The fourth-order valence-electron chi connectivity index (χ4n) is 2.49. The third-order valence-electron chi connectivity index (χ3n) is 3.97. The molecule has 30 heavy (non-hydrogen) atoms. The molecule has 3 N–H and O–H groups in total. The molecule has 0 saturated heterocycles. The minimum absolute atomic E-state index is 0.165. The number of aromatic nitrogens is 3. The number of pyridine rings is 1. The fraction of sp³-hybridized carbons (Fsp3) is 0.105. The smallest absolute Gasteiger partial charge is 0.326 e. The third kappa shape index (κ3) is 5.65. The van der Waals surface area contributed by atoms with Gasteiger partial charge in [0.1, 0.15) is 6.04 Å². The van der Waals surface area contributed by atoms with Gasteiger partial charge in [-0.1, -0.05) is 35.3 Å². The third-order valence-corrected chi connectivity index (χ3v) is 4.95. The van der Waals surface area contributed by atoms with Gasteiger partial charge in [-0.3, -0.25) is 9.78 Å². The van der Waals surface area contributed by atoms with Crippen molar-refractivity contribution in [1.82, 2.24) is 15.0 Å². The maximum Gasteiger partial charge on any atom is 0.326 e. The number of carbonyl (C=O) groups is 2. The molecule has 1 amide bonds. The number of benzene rings is 1. The number of aliphatic carboxylic acids is 1. The Labute approximate surface area is 189 Å². The second-order valence-electron chi connectivity index (χ2n) is 6.09. The molecule has 0 bridgehead atoms. The molecule has 2 heterocycles. The maximum atomic E-state index is 12.5. The van der Waals surface area contributed by atoms with Gasteiger partial charge in [0.15, 0.2) is 0 Å². The Morgan fingerprint density at radius 2 is 1.63 bits per heavy atom. The molecule has 0 aliphatic heterocycles. The minimum Gasteiger partial charge on any atom is -0.480 e. The van der Waals surface area contributed by atoms with Gasteiger partial charge in [-0.05, 0) is 33.6 Å². The van der Waals surface area contributed by atoms with Crippen LogP contribution in [0.4, 0.5) is 11.6 Å². The van der Waals surface area contributed by atoms with Crippen molar-refractivity contribution >= 4 is 62.6 Å². The average molecular weight is 511 g/mol. The van der Waals surface area contributed by atoms with Gasteiger partial charge < -0.3 is 15.7 Å². The highest BCUT2D eigenvalue weighted by Crippen LogP contribution is 2.29. The fourth-order valence-corrected chi connectivity index (χ4v) is 3.15. The molecule has 3 aromatic rings. The number of nitrogens with zero attached hydrogens (tertiary/aromatic N) is 3. The first-order valence-corrected chi connectivity index (χ1v) is 10.0. The number of rotatable bonds is 7. The van der Waals surface area contributed by atoms with Crippen molar-refractivity contribution in [2.45, 2.75) is 12.5 Å². The quantitative estimate of drug-likeness (QED) is 0.433. The lowest BCUT2D eigenvalue weighted by Gasteiger charge is -2.15. The summed E-state index contributed by atoms with van der Waals surface area (Å²) < 4.78 is 0.683. The van der Waals surface area contributed by atoms with E-state index in [2.05, 4.69) is 41.5 Å². The number of halogens is 3. The average Bonchev–Trinajstić information content (AvgIpc) is 2.72. The summed E-state index contributed by atoms with van der Waals surface area (Å²) >= 11 is 15.2. The van der Waals surface area contributed by atoms with Gasteiger partial charge >= 0.3 is 5.97 Å². The highest BCUT2D eigenvalue weighted by Gasteiger charge is 2.19. The zero-order chi connectivity index (χ0) is 21.7. The first-order valence-electron chi connectivity index (χ1n) is 8.49. The lowest BCUT2D eigenvalue weighted by Crippen LogP contribution is -2.32. The van der Waals surface area contributed by atoms with E-state index in [-0.39, 0.29) is 28.1 Å². The van der Waals surface area contributed by atoms with Crippen molar-refractivity contribution < 1.29 is 14.7 Å². The van der Waals surface area contributed by atoms with Crippen LogP contribution in [0.15, 0.2) is 53.5 Å². The van der Waals surface area contributed by atoms with Crippen LogP contribution in [0.5, 0.6) is 0 Å². The summed E-state index contributed by atoms with van der Waals surface area (Å²) in [6.07, 6.45) is 5.95. The SMILES string of the molecule is O=C(Nc1c(Cl)cncc1Cl)c1ccc(CC(Nc2ncc(Br)cn2)C(=O)O)cc1. The Morgan fingerprint density at radius 1 is 1.03 bits per heavy atom. The van der Waals surface area contributed by atoms with Crippen LogP contribution in [0.1, 0.15) is 15.9 Å². The predicted octanol–water partition coefficient (Wildman–Crippen LogP) is 4.30.